The van der Waals surface area contributed by atoms with Crippen molar-refractivity contribution in [3.63, 3.8) is 0 Å². The number of hydrogen-bond acceptors (Lipinski definition) is 4. The van der Waals surface area contributed by atoms with E-state index in [4.69, 9.17) is 4.74 Å². The Labute approximate surface area is 159 Å². The van der Waals surface area contributed by atoms with Crippen LogP contribution in [0.3, 0.4) is 0 Å². The Morgan fingerprint density at radius 2 is 1.67 bits per heavy atom. The highest BCUT2D eigenvalue weighted by Crippen LogP contribution is 2.27. The predicted molar refractivity (Wildman–Crippen MR) is 107 cm³/mol. The van der Waals surface area contributed by atoms with E-state index in [-0.39, 0.29) is 18.0 Å². The van der Waals surface area contributed by atoms with E-state index in [9.17, 15) is 13.2 Å². The van der Waals surface area contributed by atoms with E-state index < -0.39 is 16.0 Å². The van der Waals surface area contributed by atoms with Crippen LogP contribution in [0.15, 0.2) is 71.6 Å². The Kier molecular flexibility index (Phi) is 5.46. The Morgan fingerprint density at radius 1 is 0.926 bits per heavy atom. The molecule has 0 unspecified atom stereocenters. The van der Waals surface area contributed by atoms with Crippen LogP contribution in [0.5, 0.6) is 0 Å². The smallest absolute Gasteiger partial charge is 0.338 e. The van der Waals surface area contributed by atoms with Gasteiger partial charge in [0.05, 0.1) is 22.8 Å². The molecule has 0 fully saturated rings. The molecule has 0 aliphatic rings. The van der Waals surface area contributed by atoms with Gasteiger partial charge < -0.3 is 4.74 Å². The third-order valence-electron chi connectivity index (χ3n) is 4.24. The molecular weight excluding hydrogens is 362 g/mol. The predicted octanol–water partition coefficient (Wildman–Crippen LogP) is 4.23. The molecule has 0 aromatic heterocycles. The summed E-state index contributed by atoms with van der Waals surface area (Å²) in [6, 6.07) is 19.2. The molecule has 140 valence electrons. The Balaban J connectivity index is 2.03. The van der Waals surface area contributed by atoms with Gasteiger partial charge in [0.2, 0.25) is 0 Å². The number of carbonyl (C=O) groups is 1. The molecule has 0 bridgehead atoms. The Morgan fingerprint density at radius 3 is 2.37 bits per heavy atom. The highest BCUT2D eigenvalue weighted by atomic mass is 32.2. The minimum Gasteiger partial charge on any atom is -0.462 e. The van der Waals surface area contributed by atoms with Gasteiger partial charge in [-0.3, -0.25) is 4.31 Å². The zero-order valence-corrected chi connectivity index (χ0v) is 16.1. The summed E-state index contributed by atoms with van der Waals surface area (Å²) in [5.74, 6) is -0.474. The van der Waals surface area contributed by atoms with Gasteiger partial charge in [-0.2, -0.15) is 0 Å². The Hall–Kier alpha value is -2.86. The third-order valence-corrected chi connectivity index (χ3v) is 6.14. The van der Waals surface area contributed by atoms with E-state index in [1.54, 1.807) is 56.3 Å². The lowest BCUT2D eigenvalue weighted by Gasteiger charge is -2.23. The zero-order valence-electron chi connectivity index (χ0n) is 15.3. The van der Waals surface area contributed by atoms with E-state index in [2.05, 4.69) is 0 Å². The van der Waals surface area contributed by atoms with Crippen molar-refractivity contribution in [3.8, 4) is 0 Å². The molecular formula is C21H21NO4S. The number of rotatable bonds is 6. The van der Waals surface area contributed by atoms with Gasteiger partial charge in [-0.25, -0.2) is 13.2 Å². The third kappa shape index (κ3) is 3.80. The number of sulfonamides is 1. The number of nitrogens with zero attached hydrogens (tertiary/aromatic N) is 1. The van der Waals surface area contributed by atoms with Gasteiger partial charge in [-0.05, 0) is 55.0 Å². The molecule has 3 aromatic carbocycles. The van der Waals surface area contributed by atoms with Crippen LogP contribution in [-0.4, -0.2) is 27.5 Å². The molecule has 0 aliphatic carbocycles. The Bertz CT molecular complexity index is 1080. The van der Waals surface area contributed by atoms with Gasteiger partial charge in [0, 0.05) is 6.54 Å². The van der Waals surface area contributed by atoms with Gasteiger partial charge in [0.1, 0.15) is 0 Å². The second-order valence-electron chi connectivity index (χ2n) is 5.95. The van der Waals surface area contributed by atoms with Crippen LogP contribution in [0.4, 0.5) is 5.69 Å². The standard InChI is InChI=1S/C21H21NO4S/c1-3-22(19-11-7-10-18(14-19)21(23)26-4-2)27(24,25)20-13-12-16-8-5-6-9-17(16)15-20/h5-15H,3-4H2,1-2H3. The summed E-state index contributed by atoms with van der Waals surface area (Å²) < 4.78 is 32.7. The molecule has 0 radical (unpaired) electrons. The van der Waals surface area contributed by atoms with Crippen molar-refractivity contribution >= 4 is 32.5 Å². The van der Waals surface area contributed by atoms with Crippen molar-refractivity contribution in [2.45, 2.75) is 18.7 Å². The summed E-state index contributed by atoms with van der Waals surface area (Å²) in [4.78, 5) is 12.2. The molecule has 0 saturated carbocycles. The van der Waals surface area contributed by atoms with Crippen molar-refractivity contribution < 1.29 is 17.9 Å². The molecule has 5 nitrogen and oxygen atoms in total. The average Bonchev–Trinajstić information content (AvgIpc) is 2.68. The lowest BCUT2D eigenvalue weighted by Crippen LogP contribution is -2.31. The fourth-order valence-electron chi connectivity index (χ4n) is 2.95. The van der Waals surface area contributed by atoms with Crippen molar-refractivity contribution in [2.24, 2.45) is 0 Å². The normalized spacial score (nSPS) is 11.3. The summed E-state index contributed by atoms with van der Waals surface area (Å²) in [5.41, 5.74) is 0.748. The van der Waals surface area contributed by atoms with Crippen LogP contribution in [0.1, 0.15) is 24.2 Å². The number of carbonyl (C=O) groups excluding carboxylic acids is 1. The van der Waals surface area contributed by atoms with Crippen molar-refractivity contribution in [2.75, 3.05) is 17.5 Å². The van der Waals surface area contributed by atoms with Crippen LogP contribution >= 0.6 is 0 Å². The summed E-state index contributed by atoms with van der Waals surface area (Å²) >= 11 is 0. The van der Waals surface area contributed by atoms with Gasteiger partial charge in [0.25, 0.3) is 10.0 Å². The molecule has 0 spiro atoms. The van der Waals surface area contributed by atoms with Crippen molar-refractivity contribution in [1.82, 2.24) is 0 Å². The van der Waals surface area contributed by atoms with Crippen LogP contribution in [0.25, 0.3) is 10.8 Å². The number of ether oxygens (including phenoxy) is 1. The molecule has 6 heteroatoms. The molecule has 3 aromatic rings. The molecule has 27 heavy (non-hydrogen) atoms. The first-order valence-electron chi connectivity index (χ1n) is 8.76. The van der Waals surface area contributed by atoms with E-state index in [1.165, 1.54) is 4.31 Å². The van der Waals surface area contributed by atoms with E-state index in [1.807, 2.05) is 24.3 Å². The number of benzene rings is 3. The maximum absolute atomic E-state index is 13.2. The maximum Gasteiger partial charge on any atom is 0.338 e. The largest absolute Gasteiger partial charge is 0.462 e. The molecule has 0 atom stereocenters. The molecule has 0 amide bonds. The average molecular weight is 383 g/mol. The van der Waals surface area contributed by atoms with Gasteiger partial charge in [0.15, 0.2) is 0 Å². The van der Waals surface area contributed by atoms with Crippen molar-refractivity contribution in [3.05, 3.63) is 72.3 Å². The second-order valence-corrected chi connectivity index (χ2v) is 7.81. The van der Waals surface area contributed by atoms with Crippen LogP contribution < -0.4 is 4.31 Å². The first kappa shape index (κ1) is 18.9. The minimum atomic E-state index is -3.77. The summed E-state index contributed by atoms with van der Waals surface area (Å²) in [6.07, 6.45) is 0. The fraction of sp³-hybridized carbons (Fsp3) is 0.190. The summed E-state index contributed by atoms with van der Waals surface area (Å²) in [7, 11) is -3.77. The van der Waals surface area contributed by atoms with E-state index in [0.29, 0.717) is 11.3 Å². The zero-order chi connectivity index (χ0) is 19.4. The van der Waals surface area contributed by atoms with Gasteiger partial charge in [-0.15, -0.1) is 0 Å². The van der Waals surface area contributed by atoms with Gasteiger partial charge >= 0.3 is 5.97 Å². The van der Waals surface area contributed by atoms with Crippen LogP contribution in [-0.2, 0) is 14.8 Å². The van der Waals surface area contributed by atoms with Crippen LogP contribution in [0, 0.1) is 0 Å². The second kappa shape index (κ2) is 7.80. The molecule has 0 N–H and O–H groups in total. The van der Waals surface area contributed by atoms with Crippen molar-refractivity contribution in [1.29, 1.82) is 0 Å². The number of esters is 1. The number of hydrogen-bond donors (Lipinski definition) is 0. The maximum atomic E-state index is 13.2. The molecule has 0 saturated heterocycles. The fourth-order valence-corrected chi connectivity index (χ4v) is 4.45. The molecule has 0 aliphatic heterocycles. The lowest BCUT2D eigenvalue weighted by molar-refractivity contribution is 0.0526. The highest BCUT2D eigenvalue weighted by molar-refractivity contribution is 7.92. The number of anilines is 1. The summed E-state index contributed by atoms with van der Waals surface area (Å²) in [5, 5.41) is 1.83. The summed E-state index contributed by atoms with van der Waals surface area (Å²) in [6.45, 7) is 3.98. The van der Waals surface area contributed by atoms with E-state index in [0.717, 1.165) is 10.8 Å². The SMILES string of the molecule is CCOC(=O)c1cccc(N(CC)S(=O)(=O)c2ccc3ccccc3c2)c1. The quantitative estimate of drug-likeness (QED) is 0.598. The monoisotopic (exact) mass is 383 g/mol. The lowest BCUT2D eigenvalue weighted by atomic mass is 10.1. The first-order chi connectivity index (χ1) is 13.0. The highest BCUT2D eigenvalue weighted by Gasteiger charge is 2.24. The van der Waals surface area contributed by atoms with Gasteiger partial charge in [-0.1, -0.05) is 36.4 Å². The molecule has 0 heterocycles. The topological polar surface area (TPSA) is 63.7 Å². The minimum absolute atomic E-state index is 0.213. The first-order valence-corrected chi connectivity index (χ1v) is 10.2. The number of fused-ring (bicyclic) bond motifs is 1. The van der Waals surface area contributed by atoms with Crippen LogP contribution in [0.2, 0.25) is 0 Å². The van der Waals surface area contributed by atoms with E-state index >= 15 is 0 Å². The molecule has 3 rings (SSSR count).